The van der Waals surface area contributed by atoms with Gasteiger partial charge in [-0.15, -0.1) is 11.3 Å². The van der Waals surface area contributed by atoms with Gasteiger partial charge in [0.15, 0.2) is 0 Å². The lowest BCUT2D eigenvalue weighted by atomic mass is 9.96. The van der Waals surface area contributed by atoms with E-state index in [0.717, 1.165) is 21.7 Å². The highest BCUT2D eigenvalue weighted by atomic mass is 35.7. The molecule has 2 aromatic carbocycles. The fourth-order valence-corrected chi connectivity index (χ4v) is 9.69. The number of hydrogen-bond donors (Lipinski definition) is 1. The monoisotopic (exact) mass is 465 g/mol. The first-order valence-electron chi connectivity index (χ1n) is 9.29. The van der Waals surface area contributed by atoms with Gasteiger partial charge >= 0.3 is 0 Å². The number of thiazole rings is 1. The molecule has 1 N–H and O–H groups in total. The third-order valence-electron chi connectivity index (χ3n) is 5.39. The Kier molecular flexibility index (Phi) is 6.36. The maximum absolute atomic E-state index is 12.2. The topological polar surface area (TPSA) is 67.3 Å². The van der Waals surface area contributed by atoms with E-state index in [1.807, 2.05) is 67.6 Å². The van der Waals surface area contributed by atoms with Crippen molar-refractivity contribution in [3.8, 4) is 0 Å². The molecule has 1 unspecified atom stereocenters. The van der Waals surface area contributed by atoms with Crippen molar-refractivity contribution >= 4 is 49.8 Å². The first-order valence-corrected chi connectivity index (χ1v) is 14.4. The third-order valence-corrected chi connectivity index (χ3v) is 12.7. The summed E-state index contributed by atoms with van der Waals surface area (Å²) in [6.45, 7) is 6.18. The van der Waals surface area contributed by atoms with Crippen molar-refractivity contribution in [1.82, 2.24) is 4.98 Å². The van der Waals surface area contributed by atoms with Gasteiger partial charge in [-0.05, 0) is 27.8 Å². The molecule has 4 nitrogen and oxygen atoms in total. The highest BCUT2D eigenvalue weighted by Crippen LogP contribution is 2.44. The lowest BCUT2D eigenvalue weighted by Crippen LogP contribution is -2.65. The van der Waals surface area contributed by atoms with Gasteiger partial charge in [0.05, 0.1) is 5.69 Å². The smallest absolute Gasteiger partial charge is 0.288 e. The zero-order chi connectivity index (χ0) is 21.3. The van der Waals surface area contributed by atoms with Crippen LogP contribution in [0.15, 0.2) is 70.4 Å². The zero-order valence-electron chi connectivity index (χ0n) is 16.5. The maximum atomic E-state index is 12.2. The van der Waals surface area contributed by atoms with Gasteiger partial charge in [-0.25, -0.2) is 13.4 Å². The molecule has 0 saturated carbocycles. The Balaban J connectivity index is 2.00. The maximum Gasteiger partial charge on any atom is 0.288 e. The van der Waals surface area contributed by atoms with Crippen LogP contribution in [0.4, 0.5) is 0 Å². The van der Waals surface area contributed by atoms with Gasteiger partial charge in [0, 0.05) is 16.1 Å². The summed E-state index contributed by atoms with van der Waals surface area (Å²) in [5, 5.41) is 3.19. The van der Waals surface area contributed by atoms with Crippen LogP contribution in [0, 0.1) is 0 Å². The van der Waals surface area contributed by atoms with Crippen molar-refractivity contribution in [1.29, 1.82) is 0 Å². The molecule has 29 heavy (non-hydrogen) atoms. The molecular formula is C21H24ClNO3S2Si. The first-order chi connectivity index (χ1) is 13.6. The van der Waals surface area contributed by atoms with Crippen LogP contribution in [0.25, 0.3) is 0 Å². The molecule has 1 aromatic heterocycles. The lowest BCUT2D eigenvalue weighted by Gasteiger charge is -2.42. The molecule has 0 aliphatic heterocycles. The molecular weight excluding hydrogens is 442 g/mol. The average molecular weight is 466 g/mol. The summed E-state index contributed by atoms with van der Waals surface area (Å²) in [5.74, 6) is -0.0418. The number of halogens is 1. The van der Waals surface area contributed by atoms with Crippen LogP contribution in [0.1, 0.15) is 38.8 Å². The van der Waals surface area contributed by atoms with E-state index >= 15 is 0 Å². The van der Waals surface area contributed by atoms with Gasteiger partial charge < -0.3 is 4.80 Å². The van der Waals surface area contributed by atoms with Crippen LogP contribution in [-0.2, 0) is 9.05 Å². The predicted molar refractivity (Wildman–Crippen MR) is 122 cm³/mol. The van der Waals surface area contributed by atoms with E-state index < -0.39 is 22.4 Å². The molecule has 1 heterocycles. The van der Waals surface area contributed by atoms with Gasteiger partial charge in [0.25, 0.3) is 17.4 Å². The number of aromatic nitrogens is 1. The Morgan fingerprint density at radius 1 is 1.07 bits per heavy atom. The molecule has 3 aromatic rings. The van der Waals surface area contributed by atoms with Gasteiger partial charge in [-0.3, -0.25) is 0 Å². The van der Waals surface area contributed by atoms with E-state index in [2.05, 4.69) is 18.8 Å². The number of nitrogens with zero attached hydrogens (tertiary/aromatic N) is 1. The quantitative estimate of drug-likeness (QED) is 0.421. The van der Waals surface area contributed by atoms with Crippen molar-refractivity contribution in [2.45, 2.75) is 42.5 Å². The predicted octanol–water partition coefficient (Wildman–Crippen LogP) is 4.10. The van der Waals surface area contributed by atoms with Crippen molar-refractivity contribution in [3.63, 3.8) is 0 Å². The third kappa shape index (κ3) is 4.49. The fraction of sp³-hybridized carbons (Fsp3) is 0.286. The summed E-state index contributed by atoms with van der Waals surface area (Å²) in [6, 6.07) is 19.7. The summed E-state index contributed by atoms with van der Waals surface area (Å²) in [6.07, 6.45) is 0.644. The Morgan fingerprint density at radius 3 is 1.97 bits per heavy atom. The minimum Gasteiger partial charge on any atom is -0.424 e. The van der Waals surface area contributed by atoms with Crippen LogP contribution in [0.2, 0.25) is 5.04 Å². The normalized spacial score (nSPS) is 14.0. The molecule has 0 bridgehead atoms. The minimum absolute atomic E-state index is 0.0418. The molecule has 0 spiro atoms. The molecule has 0 fully saturated rings. The summed E-state index contributed by atoms with van der Waals surface area (Å²) in [7, 11) is -1.53. The van der Waals surface area contributed by atoms with Crippen molar-refractivity contribution in [2.24, 2.45) is 0 Å². The number of hydrogen-bond acceptors (Lipinski definition) is 5. The van der Waals surface area contributed by atoms with Crippen LogP contribution >= 0.6 is 22.0 Å². The average Bonchev–Trinajstić information content (AvgIpc) is 3.19. The summed E-state index contributed by atoms with van der Waals surface area (Å²) >= 11 is 1.03. The fourth-order valence-electron chi connectivity index (χ4n) is 3.93. The van der Waals surface area contributed by atoms with Crippen molar-refractivity contribution in [3.05, 3.63) is 71.7 Å². The van der Waals surface area contributed by atoms with E-state index in [4.69, 9.17) is 10.7 Å². The van der Waals surface area contributed by atoms with Gasteiger partial charge in [0.2, 0.25) is 4.34 Å². The van der Waals surface area contributed by atoms with Gasteiger partial charge in [0.1, 0.15) is 0 Å². The Hall–Kier alpha value is -1.51. The SMILES string of the molecule is CC(CC(C)(C)[Si](O)(c1ccccc1)c1ccccc1)c1csc(S(=O)(=O)Cl)n1. The lowest BCUT2D eigenvalue weighted by molar-refractivity contribution is 0.441. The van der Waals surface area contributed by atoms with E-state index in [1.165, 1.54) is 0 Å². The summed E-state index contributed by atoms with van der Waals surface area (Å²) in [5.41, 5.74) is 0.680. The molecule has 0 aliphatic carbocycles. The van der Waals surface area contributed by atoms with E-state index in [-0.39, 0.29) is 10.3 Å². The Morgan fingerprint density at radius 2 is 1.55 bits per heavy atom. The second-order valence-electron chi connectivity index (χ2n) is 7.91. The van der Waals surface area contributed by atoms with Crippen LogP contribution in [0.3, 0.4) is 0 Å². The zero-order valence-corrected chi connectivity index (χ0v) is 19.9. The number of benzene rings is 2. The molecule has 3 rings (SSSR count). The van der Waals surface area contributed by atoms with Gasteiger partial charge in [-0.1, -0.05) is 81.4 Å². The number of rotatable bonds is 7. The highest BCUT2D eigenvalue weighted by molar-refractivity contribution is 8.14. The minimum atomic E-state index is -3.83. The Labute approximate surface area is 181 Å². The van der Waals surface area contributed by atoms with E-state index in [1.54, 1.807) is 5.38 Å². The molecule has 0 amide bonds. The first kappa shape index (κ1) is 22.2. The second-order valence-corrected chi connectivity index (χ2v) is 15.4. The standard InChI is InChI=1S/C21H24ClNO3S2Si/c1-16(19-15-27-20(23-19)28(22,24)25)14-21(2,3)29(26,17-10-6-4-7-11-17)18-12-8-5-9-13-18/h4-13,15-16,26H,14H2,1-3H3. The van der Waals surface area contributed by atoms with Crippen molar-refractivity contribution in [2.75, 3.05) is 0 Å². The van der Waals surface area contributed by atoms with E-state index in [0.29, 0.717) is 12.1 Å². The molecule has 0 saturated heterocycles. The summed E-state index contributed by atoms with van der Waals surface area (Å²) < 4.78 is 23.0. The largest absolute Gasteiger partial charge is 0.424 e. The molecule has 0 aliphatic rings. The summed E-state index contributed by atoms with van der Waals surface area (Å²) in [4.78, 5) is 16.4. The van der Waals surface area contributed by atoms with Crippen molar-refractivity contribution < 1.29 is 13.2 Å². The molecule has 0 radical (unpaired) electrons. The molecule has 154 valence electrons. The Bertz CT molecular complexity index is 1030. The van der Waals surface area contributed by atoms with Crippen LogP contribution < -0.4 is 10.4 Å². The van der Waals surface area contributed by atoms with Crippen LogP contribution in [0.5, 0.6) is 0 Å². The van der Waals surface area contributed by atoms with Crippen LogP contribution in [-0.4, -0.2) is 26.5 Å². The molecule has 1 atom stereocenters. The molecule has 8 heteroatoms. The second kappa shape index (κ2) is 8.32. The highest BCUT2D eigenvalue weighted by Gasteiger charge is 2.50. The van der Waals surface area contributed by atoms with Gasteiger partial charge in [-0.2, -0.15) is 0 Å². The van der Waals surface area contributed by atoms with E-state index in [9.17, 15) is 13.2 Å².